The van der Waals surface area contributed by atoms with Crippen LogP contribution in [0.1, 0.15) is 108 Å². The summed E-state index contributed by atoms with van der Waals surface area (Å²) in [5, 5.41) is 111. The molecule has 1 aliphatic rings. The molecular formula is C79H105N17O27S2. The number of benzene rings is 3. The summed E-state index contributed by atoms with van der Waals surface area (Å²) in [5.74, 6) is -24.1. The number of likely N-dealkylation sites (tertiary alicyclic amines) is 1. The molecule has 0 spiro atoms. The molecule has 0 saturated carbocycles. The van der Waals surface area contributed by atoms with Crippen LogP contribution in [0, 0.1) is 5.92 Å². The third-order valence-corrected chi connectivity index (χ3v) is 20.6. The molecule has 14 amide bonds. The van der Waals surface area contributed by atoms with Crippen LogP contribution in [0.5, 0.6) is 5.75 Å². The molecule has 125 heavy (non-hydrogen) atoms. The van der Waals surface area contributed by atoms with Crippen molar-refractivity contribution in [2.24, 2.45) is 11.7 Å². The van der Waals surface area contributed by atoms with Crippen LogP contribution in [-0.4, -0.2) is 291 Å². The summed E-state index contributed by atoms with van der Waals surface area (Å²) in [6.45, 7) is 1.50. The number of aliphatic hydroxyl groups excluding tert-OH is 2. The van der Waals surface area contributed by atoms with Crippen LogP contribution in [0.25, 0.3) is 21.8 Å². The average Bonchev–Trinajstić information content (AvgIpc) is 1.68. The number of carboxylic acids is 5. The van der Waals surface area contributed by atoms with E-state index in [1.165, 1.54) is 37.4 Å². The number of carbonyl (C=O) groups is 19. The molecule has 1 saturated heterocycles. The van der Waals surface area contributed by atoms with E-state index in [9.17, 15) is 132 Å². The third kappa shape index (κ3) is 32.0. The van der Waals surface area contributed by atoms with E-state index < -0.39 is 280 Å². The van der Waals surface area contributed by atoms with Crippen LogP contribution in [0.2, 0.25) is 0 Å². The van der Waals surface area contributed by atoms with Gasteiger partial charge in [0.05, 0.1) is 25.8 Å². The highest BCUT2D eigenvalue weighted by Gasteiger charge is 2.42. The highest BCUT2D eigenvalue weighted by molar-refractivity contribution is 7.80. The van der Waals surface area contributed by atoms with Gasteiger partial charge in [-0.2, -0.15) is 25.3 Å². The first-order chi connectivity index (χ1) is 59.2. The molecule has 46 heteroatoms. The Morgan fingerprint density at radius 1 is 0.448 bits per heavy atom. The Morgan fingerprint density at radius 3 is 1.29 bits per heavy atom. The van der Waals surface area contributed by atoms with Crippen molar-refractivity contribution in [3.63, 3.8) is 0 Å². The molecule has 1 aliphatic heterocycles. The van der Waals surface area contributed by atoms with Crippen LogP contribution in [0.3, 0.4) is 0 Å². The number of fused-ring (bicyclic) bond motifs is 2. The summed E-state index contributed by atoms with van der Waals surface area (Å²) in [5.41, 5.74) is 8.30. The Bertz CT molecular complexity index is 4720. The van der Waals surface area contributed by atoms with Crippen LogP contribution in [0.4, 0.5) is 0 Å². The number of aliphatic hydroxyl groups is 2. The fraction of sp³-hybridized carbons (Fsp3) is 0.481. The van der Waals surface area contributed by atoms with Gasteiger partial charge in [-0.15, -0.1) is 0 Å². The van der Waals surface area contributed by atoms with E-state index in [0.717, 1.165) is 4.90 Å². The van der Waals surface area contributed by atoms with Crippen molar-refractivity contribution in [3.05, 3.63) is 102 Å². The Kier molecular flexibility index (Phi) is 39.8. The topological polar surface area (TPSA) is 703 Å². The molecule has 0 unspecified atom stereocenters. The normalized spacial score (nSPS) is 15.5. The predicted octanol–water partition coefficient (Wildman–Crippen LogP) is -4.91. The number of phenols is 1. The molecule has 3 heterocycles. The van der Waals surface area contributed by atoms with Gasteiger partial charge < -0.3 is 131 Å². The molecule has 25 N–H and O–H groups in total. The lowest BCUT2D eigenvalue weighted by molar-refractivity contribution is -0.143. The van der Waals surface area contributed by atoms with E-state index >= 15 is 0 Å². The third-order valence-electron chi connectivity index (χ3n) is 19.9. The van der Waals surface area contributed by atoms with Gasteiger partial charge in [0.2, 0.25) is 82.7 Å². The molecule has 3 aromatic carbocycles. The molecule has 680 valence electrons. The maximum atomic E-state index is 14.8. The second kappa shape index (κ2) is 49.4. The number of thiol groups is 2. The smallest absolute Gasteiger partial charge is 0.326 e. The highest BCUT2D eigenvalue weighted by atomic mass is 32.1. The lowest BCUT2D eigenvalue weighted by Gasteiger charge is -2.31. The second-order valence-corrected chi connectivity index (χ2v) is 30.7. The van der Waals surface area contributed by atoms with Crippen molar-refractivity contribution in [2.75, 3.05) is 37.7 Å². The summed E-state index contributed by atoms with van der Waals surface area (Å²) in [6.07, 6.45) is -5.14. The maximum absolute atomic E-state index is 14.8. The zero-order valence-corrected chi connectivity index (χ0v) is 69.9. The van der Waals surface area contributed by atoms with Crippen molar-refractivity contribution < 1.29 is 132 Å². The number of H-pyrrole nitrogens is 2. The molecule has 0 radical (unpaired) electrons. The Balaban J connectivity index is 1.13. The van der Waals surface area contributed by atoms with Gasteiger partial charge in [0.25, 0.3) is 0 Å². The number of aromatic amines is 2. The minimum atomic E-state index is -1.91. The van der Waals surface area contributed by atoms with Gasteiger partial charge in [0.15, 0.2) is 0 Å². The number of hydrogen-bond acceptors (Lipinski definition) is 25. The number of para-hydroxylation sites is 2. The van der Waals surface area contributed by atoms with E-state index in [4.69, 9.17) is 5.73 Å². The van der Waals surface area contributed by atoms with E-state index in [0.29, 0.717) is 32.9 Å². The van der Waals surface area contributed by atoms with Gasteiger partial charge in [0, 0.05) is 97.2 Å². The Hall–Kier alpha value is -12.9. The maximum Gasteiger partial charge on any atom is 0.326 e. The number of aromatic nitrogens is 2. The number of carboxylic acid groups (broad SMARTS) is 5. The summed E-state index contributed by atoms with van der Waals surface area (Å²) in [4.78, 5) is 263. The molecule has 6 rings (SSSR count). The first-order valence-corrected chi connectivity index (χ1v) is 40.9. The summed E-state index contributed by atoms with van der Waals surface area (Å²) < 4.78 is 0. The zero-order valence-electron chi connectivity index (χ0n) is 68.1. The number of phenolic OH excluding ortho intramolecular Hbond substituents is 1. The van der Waals surface area contributed by atoms with Gasteiger partial charge >= 0.3 is 29.8 Å². The molecular weight excluding hydrogens is 1680 g/mol. The van der Waals surface area contributed by atoms with Crippen molar-refractivity contribution in [1.29, 1.82) is 0 Å². The number of rotatable bonds is 52. The molecule has 44 nitrogen and oxygen atoms in total. The Morgan fingerprint density at radius 2 is 0.832 bits per heavy atom. The van der Waals surface area contributed by atoms with E-state index in [-0.39, 0.29) is 61.6 Å². The Labute approximate surface area is 724 Å². The van der Waals surface area contributed by atoms with Crippen molar-refractivity contribution in [2.45, 2.75) is 195 Å². The molecule has 5 aromatic rings. The quantitative estimate of drug-likeness (QED) is 0.0162. The summed E-state index contributed by atoms with van der Waals surface area (Å²) >= 11 is 8.41. The fourth-order valence-electron chi connectivity index (χ4n) is 13.2. The number of nitrogens with zero attached hydrogens (tertiary/aromatic N) is 1. The number of amides is 14. The predicted molar refractivity (Wildman–Crippen MR) is 447 cm³/mol. The first-order valence-electron chi connectivity index (χ1n) is 39.6. The fourth-order valence-corrected chi connectivity index (χ4v) is 13.7. The highest BCUT2D eigenvalue weighted by Crippen LogP contribution is 2.25. The van der Waals surface area contributed by atoms with Crippen LogP contribution in [0.15, 0.2) is 85.2 Å². The standard InChI is InChI=1S/C79H105N17O27S2/c1-38(2)27-55(79(122)123)92-73(116)56(35-97)93-72(115)53(29-41-31-81-46-11-6-4-9-44(41)46)90-74(117)57(36-124)94-71(114)50(20-24-64(106)107)86-68(111)48(18-22-62(102)103)85-61(101)34-83-60(100)33-84-67(110)52(28-40-14-16-43(99)17-15-40)89-70(113)49(19-23-63(104)105)87-69(112)51(21-25-65(108)109)88-76(119)59-13-8-26-96(59)78(121)54(30-42-32-82-47-12-7-5-10-45(42)47)91-75(118)58(37-125)95-77(120)66(80)39(3)98/h4-7,9-12,14-17,31-32,38-39,48-59,66,81-82,97-99,124-125H,8,13,18-30,33-37,80H2,1-3H3,(H,83,100)(H,84,110)(H,85,101)(H,86,111)(H,87,112)(H,88,119)(H,89,113)(H,90,117)(H,91,118)(H,92,116)(H,93,115)(H,94,114)(H,95,120)(H,102,103)(H,104,105)(H,106,107)(H,108,109)(H,122,123)/t39-,48+,49+,50+,51+,52+,53+,54+,55+,56+,57+,58+,59+,66+/m1/s1. The van der Waals surface area contributed by atoms with Gasteiger partial charge in [-0.3, -0.25) is 86.3 Å². The molecule has 2 aromatic heterocycles. The first kappa shape index (κ1) is 101. The van der Waals surface area contributed by atoms with E-state index in [2.05, 4.69) is 104 Å². The zero-order chi connectivity index (χ0) is 92.5. The molecule has 0 aliphatic carbocycles. The molecule has 1 fully saturated rings. The largest absolute Gasteiger partial charge is 0.508 e. The van der Waals surface area contributed by atoms with Gasteiger partial charge in [-0.1, -0.05) is 62.4 Å². The van der Waals surface area contributed by atoms with Gasteiger partial charge in [0.1, 0.15) is 84.3 Å². The second-order valence-electron chi connectivity index (χ2n) is 29.9. The molecule has 0 bridgehead atoms. The molecule has 14 atom stereocenters. The number of aliphatic carboxylic acids is 5. The average molecular weight is 1790 g/mol. The summed E-state index contributed by atoms with van der Waals surface area (Å²) in [7, 11) is 0. The lowest BCUT2D eigenvalue weighted by atomic mass is 10.0. The number of aromatic hydroxyl groups is 1. The van der Waals surface area contributed by atoms with Gasteiger partial charge in [-0.05, 0) is 98.7 Å². The van der Waals surface area contributed by atoms with Crippen LogP contribution in [-0.2, 0) is 110 Å². The summed E-state index contributed by atoms with van der Waals surface area (Å²) in [6, 6.07) is -2.64. The van der Waals surface area contributed by atoms with Crippen LogP contribution < -0.4 is 74.9 Å². The monoisotopic (exact) mass is 1790 g/mol. The van der Waals surface area contributed by atoms with Gasteiger partial charge in [-0.25, -0.2) is 4.79 Å². The number of carbonyl (C=O) groups excluding carboxylic acids is 14. The van der Waals surface area contributed by atoms with Crippen molar-refractivity contribution in [1.82, 2.24) is 84.0 Å². The SMILES string of the molecule is CC(C)C[C@H](NC(=O)[C@H](CO)NC(=O)[C@H](Cc1c[nH]c2ccccc12)NC(=O)[C@H](CS)NC(=O)[C@H](CCC(=O)O)NC(=O)[C@H](CCC(=O)O)NC(=O)CNC(=O)CNC(=O)[C@H](Cc1ccc(O)cc1)NC(=O)[C@H](CCC(=O)O)NC(=O)[C@H](CCC(=O)O)NC(=O)[C@@H]1CCCN1C(=O)[C@H](Cc1c[nH]c2ccccc12)NC(=O)[C@H](CS)NC(=O)[C@@H](N)[C@@H](C)O)C(=O)O. The minimum absolute atomic E-state index is 0.0238. The van der Waals surface area contributed by atoms with E-state index in [1.807, 2.05) is 0 Å². The lowest BCUT2D eigenvalue weighted by Crippen LogP contribution is -2.60. The number of nitrogens with two attached hydrogens (primary N) is 1. The van der Waals surface area contributed by atoms with Crippen LogP contribution >= 0.6 is 25.3 Å². The number of hydrogen-bond donors (Lipinski definition) is 26. The van der Waals surface area contributed by atoms with E-state index in [1.54, 1.807) is 68.6 Å². The minimum Gasteiger partial charge on any atom is -0.508 e. The number of nitrogens with one attached hydrogen (secondary N) is 15. The van der Waals surface area contributed by atoms with Crippen molar-refractivity contribution >= 4 is 160 Å². The van der Waals surface area contributed by atoms with Crippen molar-refractivity contribution in [3.8, 4) is 5.75 Å².